The van der Waals surface area contributed by atoms with Gasteiger partial charge in [-0.2, -0.15) is 0 Å². The van der Waals surface area contributed by atoms with E-state index >= 15 is 0 Å². The fourth-order valence-corrected chi connectivity index (χ4v) is 2.76. The van der Waals surface area contributed by atoms with Gasteiger partial charge in [0.15, 0.2) is 0 Å². The molecule has 18 heavy (non-hydrogen) atoms. The minimum Gasteiger partial charge on any atom is -0.314 e. The molecular formula is C15H23ClN2. The predicted molar refractivity (Wildman–Crippen MR) is 78.6 cm³/mol. The fraction of sp³-hybridized carbons (Fsp3) is 0.600. The standard InChI is InChI=1S/C15H23ClN2/c1-12(2)15-4-3-14(16)11-13(15)5-8-18-9-6-17-7-10-18/h3-4,11-12,17H,5-10H2,1-2H3. The van der Waals surface area contributed by atoms with Gasteiger partial charge in [0.25, 0.3) is 0 Å². The third kappa shape index (κ3) is 3.71. The molecule has 3 heteroatoms. The summed E-state index contributed by atoms with van der Waals surface area (Å²) >= 11 is 6.12. The van der Waals surface area contributed by atoms with Crippen molar-refractivity contribution in [3.8, 4) is 0 Å². The third-order valence-corrected chi connectivity index (χ3v) is 3.87. The molecule has 0 unspecified atom stereocenters. The van der Waals surface area contributed by atoms with E-state index in [0.29, 0.717) is 5.92 Å². The van der Waals surface area contributed by atoms with Crippen molar-refractivity contribution in [2.24, 2.45) is 0 Å². The molecule has 0 spiro atoms. The van der Waals surface area contributed by atoms with Gasteiger partial charge in [0.1, 0.15) is 0 Å². The lowest BCUT2D eigenvalue weighted by atomic mass is 9.95. The molecule has 0 saturated carbocycles. The zero-order valence-corrected chi connectivity index (χ0v) is 12.1. The molecule has 1 aliphatic heterocycles. The summed E-state index contributed by atoms with van der Waals surface area (Å²) in [5.74, 6) is 0.570. The molecule has 100 valence electrons. The highest BCUT2D eigenvalue weighted by Crippen LogP contribution is 2.23. The van der Waals surface area contributed by atoms with Gasteiger partial charge in [-0.3, -0.25) is 0 Å². The van der Waals surface area contributed by atoms with Gasteiger partial charge in [-0.1, -0.05) is 31.5 Å². The van der Waals surface area contributed by atoms with E-state index in [1.807, 2.05) is 6.07 Å². The summed E-state index contributed by atoms with van der Waals surface area (Å²) in [6.45, 7) is 10.2. The zero-order chi connectivity index (χ0) is 13.0. The smallest absolute Gasteiger partial charge is 0.0408 e. The van der Waals surface area contributed by atoms with Gasteiger partial charge in [-0.15, -0.1) is 0 Å². The Bertz CT molecular complexity index is 384. The maximum atomic E-state index is 6.12. The van der Waals surface area contributed by atoms with E-state index in [-0.39, 0.29) is 0 Å². The summed E-state index contributed by atoms with van der Waals surface area (Å²) in [5.41, 5.74) is 2.85. The highest BCUT2D eigenvalue weighted by Gasteiger charge is 2.12. The zero-order valence-electron chi connectivity index (χ0n) is 11.4. The van der Waals surface area contributed by atoms with Gasteiger partial charge in [0.2, 0.25) is 0 Å². The Kier molecular flexibility index (Phi) is 5.04. The largest absolute Gasteiger partial charge is 0.314 e. The number of benzene rings is 1. The second-order valence-electron chi connectivity index (χ2n) is 5.34. The third-order valence-electron chi connectivity index (χ3n) is 3.63. The van der Waals surface area contributed by atoms with Crippen LogP contribution in [0.15, 0.2) is 18.2 Å². The van der Waals surface area contributed by atoms with E-state index < -0.39 is 0 Å². The van der Waals surface area contributed by atoms with Crippen LogP contribution in [-0.2, 0) is 6.42 Å². The van der Waals surface area contributed by atoms with Crippen molar-refractivity contribution in [1.82, 2.24) is 10.2 Å². The van der Waals surface area contributed by atoms with Crippen molar-refractivity contribution in [3.05, 3.63) is 34.3 Å². The Hall–Kier alpha value is -0.570. The summed E-state index contributed by atoms with van der Waals surface area (Å²) in [7, 11) is 0. The molecule has 1 aromatic carbocycles. The minimum atomic E-state index is 0.570. The Balaban J connectivity index is 2.00. The molecule has 0 atom stereocenters. The van der Waals surface area contributed by atoms with E-state index in [9.17, 15) is 0 Å². The number of hydrogen-bond donors (Lipinski definition) is 1. The summed E-state index contributed by atoms with van der Waals surface area (Å²) in [6, 6.07) is 6.32. The SMILES string of the molecule is CC(C)c1ccc(Cl)cc1CCN1CCNCC1. The van der Waals surface area contributed by atoms with Crippen LogP contribution in [0.2, 0.25) is 5.02 Å². The molecule has 1 fully saturated rings. The molecule has 0 radical (unpaired) electrons. The van der Waals surface area contributed by atoms with Crippen LogP contribution >= 0.6 is 11.6 Å². The molecule has 0 bridgehead atoms. The van der Waals surface area contributed by atoms with E-state index in [4.69, 9.17) is 11.6 Å². The first kappa shape index (κ1) is 13.9. The van der Waals surface area contributed by atoms with Crippen molar-refractivity contribution in [1.29, 1.82) is 0 Å². The molecule has 1 saturated heterocycles. The lowest BCUT2D eigenvalue weighted by Crippen LogP contribution is -2.44. The number of nitrogens with one attached hydrogen (secondary N) is 1. The van der Waals surface area contributed by atoms with E-state index in [1.165, 1.54) is 11.1 Å². The maximum absolute atomic E-state index is 6.12. The summed E-state index contributed by atoms with van der Waals surface area (Å²) < 4.78 is 0. The molecule has 2 rings (SSSR count). The van der Waals surface area contributed by atoms with Crippen LogP contribution in [0.3, 0.4) is 0 Å². The highest BCUT2D eigenvalue weighted by molar-refractivity contribution is 6.30. The summed E-state index contributed by atoms with van der Waals surface area (Å²) in [5, 5.41) is 4.25. The van der Waals surface area contributed by atoms with Crippen LogP contribution in [0, 0.1) is 0 Å². The van der Waals surface area contributed by atoms with Gasteiger partial charge in [0, 0.05) is 37.7 Å². The van der Waals surface area contributed by atoms with Crippen LogP contribution in [0.5, 0.6) is 0 Å². The quantitative estimate of drug-likeness (QED) is 0.902. The highest BCUT2D eigenvalue weighted by atomic mass is 35.5. The molecule has 1 aromatic rings. The molecule has 0 aliphatic carbocycles. The Labute approximate surface area is 115 Å². The van der Waals surface area contributed by atoms with E-state index in [1.54, 1.807) is 0 Å². The minimum absolute atomic E-state index is 0.570. The van der Waals surface area contributed by atoms with Gasteiger partial charge in [-0.05, 0) is 35.6 Å². The second kappa shape index (κ2) is 6.55. The van der Waals surface area contributed by atoms with Crippen LogP contribution in [-0.4, -0.2) is 37.6 Å². The average molecular weight is 267 g/mol. The first-order valence-corrected chi connectivity index (χ1v) is 7.26. The maximum Gasteiger partial charge on any atom is 0.0408 e. The van der Waals surface area contributed by atoms with Crippen molar-refractivity contribution in [2.75, 3.05) is 32.7 Å². The number of nitrogens with zero attached hydrogens (tertiary/aromatic N) is 1. The van der Waals surface area contributed by atoms with Gasteiger partial charge < -0.3 is 10.2 Å². The van der Waals surface area contributed by atoms with E-state index in [2.05, 4.69) is 36.2 Å². The Morgan fingerprint density at radius 2 is 2.00 bits per heavy atom. The summed E-state index contributed by atoms with van der Waals surface area (Å²) in [4.78, 5) is 2.53. The second-order valence-corrected chi connectivity index (χ2v) is 5.78. The van der Waals surface area contributed by atoms with E-state index in [0.717, 1.165) is 44.2 Å². The number of hydrogen-bond acceptors (Lipinski definition) is 2. The van der Waals surface area contributed by atoms with Crippen molar-refractivity contribution in [3.63, 3.8) is 0 Å². The normalized spacial score (nSPS) is 17.3. The number of halogens is 1. The Morgan fingerprint density at radius 3 is 2.67 bits per heavy atom. The molecule has 0 amide bonds. The number of rotatable bonds is 4. The first-order chi connectivity index (χ1) is 8.66. The molecule has 0 aromatic heterocycles. The molecule has 1 N–H and O–H groups in total. The van der Waals surface area contributed by atoms with Gasteiger partial charge >= 0.3 is 0 Å². The predicted octanol–water partition coefficient (Wildman–Crippen LogP) is 2.91. The van der Waals surface area contributed by atoms with Crippen LogP contribution in [0.4, 0.5) is 0 Å². The van der Waals surface area contributed by atoms with Crippen molar-refractivity contribution >= 4 is 11.6 Å². The van der Waals surface area contributed by atoms with Crippen LogP contribution in [0.25, 0.3) is 0 Å². The van der Waals surface area contributed by atoms with Crippen molar-refractivity contribution in [2.45, 2.75) is 26.2 Å². The molecule has 2 nitrogen and oxygen atoms in total. The Morgan fingerprint density at radius 1 is 1.28 bits per heavy atom. The lowest BCUT2D eigenvalue weighted by molar-refractivity contribution is 0.243. The van der Waals surface area contributed by atoms with Crippen LogP contribution in [0.1, 0.15) is 30.9 Å². The van der Waals surface area contributed by atoms with Crippen molar-refractivity contribution < 1.29 is 0 Å². The van der Waals surface area contributed by atoms with Gasteiger partial charge in [0.05, 0.1) is 0 Å². The fourth-order valence-electron chi connectivity index (χ4n) is 2.57. The molecular weight excluding hydrogens is 244 g/mol. The lowest BCUT2D eigenvalue weighted by Gasteiger charge is -2.27. The monoisotopic (exact) mass is 266 g/mol. The number of piperazine rings is 1. The van der Waals surface area contributed by atoms with Crippen LogP contribution < -0.4 is 5.32 Å². The molecule has 1 aliphatic rings. The average Bonchev–Trinajstić information content (AvgIpc) is 2.37. The van der Waals surface area contributed by atoms with Gasteiger partial charge in [-0.25, -0.2) is 0 Å². The summed E-state index contributed by atoms with van der Waals surface area (Å²) in [6.07, 6.45) is 1.11. The molecule has 1 heterocycles. The first-order valence-electron chi connectivity index (χ1n) is 6.88. The topological polar surface area (TPSA) is 15.3 Å².